The van der Waals surface area contributed by atoms with Gasteiger partial charge in [-0.15, -0.1) is 0 Å². The van der Waals surface area contributed by atoms with Crippen LogP contribution in [0.4, 0.5) is 0 Å². The molecular weight excluding hydrogens is 1260 g/mol. The summed E-state index contributed by atoms with van der Waals surface area (Å²) in [7, 11) is -7.19. The number of unbranched alkanes of at least 4 members (excludes halogenated alkanes) is 2. The Kier molecular flexibility index (Phi) is 51.1. The molecule has 0 spiro atoms. The third-order valence-corrected chi connectivity index (χ3v) is 20.8. The molecule has 508 valence electrons. The van der Waals surface area contributed by atoms with Crippen molar-refractivity contribution in [3.63, 3.8) is 0 Å². The Morgan fingerprint density at radius 3 is 1.08 bits per heavy atom. The van der Waals surface area contributed by atoms with Crippen LogP contribution < -0.4 is 0 Å². The fourth-order valence-electron chi connectivity index (χ4n) is 11.6. The summed E-state index contributed by atoms with van der Waals surface area (Å²) in [6.45, 7) is 11.4. The van der Waals surface area contributed by atoms with Crippen LogP contribution >= 0.6 is 95.7 Å². The van der Waals surface area contributed by atoms with Crippen LogP contribution in [0.5, 0.6) is 0 Å². The second-order valence-electron chi connectivity index (χ2n) is 23.0. The smallest absolute Gasteiger partial charge is 0.326 e. The molecule has 0 radical (unpaired) electrons. The quantitative estimate of drug-likeness (QED) is 0.0350. The van der Waals surface area contributed by atoms with Crippen molar-refractivity contribution in [2.75, 3.05) is 37.7 Å². The lowest BCUT2D eigenvalue weighted by atomic mass is 9.79. The number of rotatable bonds is 28. The summed E-state index contributed by atoms with van der Waals surface area (Å²) in [4.78, 5) is 78.3. The van der Waals surface area contributed by atoms with Crippen molar-refractivity contribution >= 4 is 131 Å². The van der Waals surface area contributed by atoms with Crippen molar-refractivity contribution in [1.29, 1.82) is 0 Å². The number of likely N-dealkylation sites (tertiary alicyclic amines) is 2. The van der Waals surface area contributed by atoms with Gasteiger partial charge in [-0.25, -0.2) is 9.59 Å². The van der Waals surface area contributed by atoms with E-state index in [0.717, 1.165) is 77.0 Å². The maximum atomic E-state index is 14.2. The molecule has 2 N–H and O–H groups in total. The first-order chi connectivity index (χ1) is 37.2. The molecule has 0 bridgehead atoms. The number of carbonyl (C=O) groups is 6. The van der Waals surface area contributed by atoms with E-state index in [1.165, 1.54) is 33.8 Å². The molecule has 6 rings (SSSR count). The fourth-order valence-corrected chi connectivity index (χ4v) is 16.2. The number of benzene rings is 2. The van der Waals surface area contributed by atoms with Crippen LogP contribution in [-0.4, -0.2) is 118 Å². The lowest BCUT2D eigenvalue weighted by molar-refractivity contribution is -0.170. The van der Waals surface area contributed by atoms with Crippen molar-refractivity contribution in [1.82, 2.24) is 9.80 Å². The SMILES string of the molecule is C.C.C.CCC(=O)O[C@@H](O[P@@](=O)(CCCCc1ccccc1)CC(=O)N1C[C@H](C2CCCCC2)C[C@H]1C(=O)O)C(C)C.CCC(=O)O[C@H](O[P@](=O)(CCCCc1ccccc1)CC(=O)N1C[C@H](C2CCCCC2)C[C@H]1C(=O)O)C(C)C.S.S.S.S.S.S. The van der Waals surface area contributed by atoms with Crippen LogP contribution in [0.1, 0.15) is 191 Å². The molecule has 2 saturated heterocycles. The highest BCUT2D eigenvalue weighted by molar-refractivity contribution is 7.60. The van der Waals surface area contributed by atoms with Gasteiger partial charge in [-0.1, -0.05) is 189 Å². The highest BCUT2D eigenvalue weighted by Gasteiger charge is 2.47. The molecule has 2 aromatic rings. The predicted octanol–water partition coefficient (Wildman–Crippen LogP) is 14.8. The molecular formula is C63H116N2O14P2S6. The average molecular weight is 1380 g/mol. The molecule has 16 nitrogen and oxygen atoms in total. The van der Waals surface area contributed by atoms with Crippen LogP contribution in [-0.2, 0) is 69.3 Å². The van der Waals surface area contributed by atoms with E-state index >= 15 is 0 Å². The van der Waals surface area contributed by atoms with Gasteiger partial charge in [-0.05, 0) is 86.2 Å². The standard InChI is InChI=1S/2C30H46NO7P.3CH4.6H2S/c2*1-4-28(33)37-30(22(2)3)38-39(36,18-12-11-15-23-13-7-5-8-14-23)21-27(32)31-20-25(19-26(31)29(34)35)24-16-9-6-10-17-24;;;;;;;;;/h2*5,7-8,13-14,22,24-26,30H,4,6,9-12,15-21H2,1-3H3,(H,34,35);3*1H4;6*1H2/t25-,26+,30+,39+;25-,26+,30-,39-;;;;;;;;;/m11........./s1. The van der Waals surface area contributed by atoms with Gasteiger partial charge < -0.3 is 29.5 Å². The first-order valence-corrected chi connectivity index (χ1v) is 33.3. The lowest BCUT2D eigenvalue weighted by Gasteiger charge is -2.30. The second-order valence-corrected chi connectivity index (χ2v) is 28.2. The number of amides is 2. The largest absolute Gasteiger partial charge is 0.480 e. The number of esters is 2. The molecule has 87 heavy (non-hydrogen) atoms. The molecule has 4 aliphatic rings. The van der Waals surface area contributed by atoms with Gasteiger partial charge in [0.1, 0.15) is 24.4 Å². The molecule has 2 saturated carbocycles. The Balaban J connectivity index is -0.000000467. The molecule has 24 heteroatoms. The number of carbonyl (C=O) groups excluding carboxylic acids is 4. The van der Waals surface area contributed by atoms with E-state index in [4.69, 9.17) is 18.5 Å². The van der Waals surface area contributed by atoms with Crippen LogP contribution in [0.2, 0.25) is 0 Å². The summed E-state index contributed by atoms with van der Waals surface area (Å²) in [6.07, 6.45) is 14.2. The summed E-state index contributed by atoms with van der Waals surface area (Å²) in [6, 6.07) is 18.2. The van der Waals surface area contributed by atoms with E-state index in [9.17, 15) is 48.1 Å². The van der Waals surface area contributed by atoms with Gasteiger partial charge in [-0.2, -0.15) is 81.0 Å². The summed E-state index contributed by atoms with van der Waals surface area (Å²) in [5.41, 5.74) is 2.35. The third-order valence-electron chi connectivity index (χ3n) is 16.1. The Hall–Kier alpha value is -2.26. The van der Waals surface area contributed by atoms with E-state index in [0.29, 0.717) is 50.6 Å². The molecule has 2 aliphatic heterocycles. The maximum absolute atomic E-state index is 14.2. The fraction of sp³-hybridized carbons (Fsp3) is 0.714. The predicted molar refractivity (Wildman–Crippen MR) is 384 cm³/mol. The highest BCUT2D eigenvalue weighted by atomic mass is 32.1. The highest BCUT2D eigenvalue weighted by Crippen LogP contribution is 2.52. The van der Waals surface area contributed by atoms with Crippen molar-refractivity contribution in [2.45, 2.75) is 217 Å². The van der Waals surface area contributed by atoms with E-state index < -0.39 is 75.1 Å². The Labute approximate surface area is 566 Å². The molecule has 2 amide bonds. The lowest BCUT2D eigenvalue weighted by Crippen LogP contribution is -2.42. The van der Waals surface area contributed by atoms with Crippen LogP contribution in [0.3, 0.4) is 0 Å². The van der Waals surface area contributed by atoms with Crippen molar-refractivity contribution < 1.29 is 66.6 Å². The van der Waals surface area contributed by atoms with Gasteiger partial charge >= 0.3 is 23.9 Å². The Bertz CT molecular complexity index is 2180. The zero-order chi connectivity index (χ0) is 56.8. The minimum atomic E-state index is -3.60. The average Bonchev–Trinajstić information content (AvgIpc) is 4.10. The molecule has 2 aromatic carbocycles. The number of carboxylic acids is 2. The van der Waals surface area contributed by atoms with Crippen molar-refractivity contribution in [2.24, 2.45) is 35.5 Å². The normalized spacial score (nSPS) is 20.1. The minimum Gasteiger partial charge on any atom is -0.480 e. The van der Waals surface area contributed by atoms with E-state index in [-0.39, 0.29) is 164 Å². The zero-order valence-corrected chi connectivity index (χ0v) is 58.3. The maximum Gasteiger partial charge on any atom is 0.326 e. The molecule has 0 unspecified atom stereocenters. The number of ether oxygens (including phenoxy) is 2. The topological polar surface area (TPSA) is 220 Å². The van der Waals surface area contributed by atoms with Crippen LogP contribution in [0.25, 0.3) is 0 Å². The Morgan fingerprint density at radius 1 is 0.494 bits per heavy atom. The molecule has 0 aromatic heterocycles. The van der Waals surface area contributed by atoms with E-state index in [2.05, 4.69) is 0 Å². The summed E-state index contributed by atoms with van der Waals surface area (Å²) < 4.78 is 51.4. The van der Waals surface area contributed by atoms with Crippen LogP contribution in [0, 0.1) is 35.5 Å². The van der Waals surface area contributed by atoms with Crippen LogP contribution in [0.15, 0.2) is 60.7 Å². The number of aliphatic carboxylic acids is 2. The first kappa shape index (κ1) is 93.5. The summed E-state index contributed by atoms with van der Waals surface area (Å²) in [5, 5.41) is 19.8. The number of carboxylic acid groups (broad SMARTS) is 2. The minimum absolute atomic E-state index is 0. The van der Waals surface area contributed by atoms with E-state index in [1.807, 2.05) is 88.4 Å². The molecule has 2 heterocycles. The summed E-state index contributed by atoms with van der Waals surface area (Å²) in [5.74, 6) is -3.22. The van der Waals surface area contributed by atoms with Gasteiger partial charge in [0.2, 0.25) is 39.1 Å². The number of aryl methyl sites for hydroxylation is 2. The number of nitrogens with zero attached hydrogens (tertiary/aromatic N) is 2. The second kappa shape index (κ2) is 47.6. The van der Waals surface area contributed by atoms with E-state index in [1.54, 1.807) is 13.8 Å². The number of hydrogen-bond acceptors (Lipinski definition) is 12. The zero-order valence-electron chi connectivity index (χ0n) is 50.5. The van der Waals surface area contributed by atoms with Crippen molar-refractivity contribution in [3.05, 3.63) is 71.8 Å². The van der Waals surface area contributed by atoms with Gasteiger partial charge in [0.25, 0.3) is 0 Å². The summed E-state index contributed by atoms with van der Waals surface area (Å²) >= 11 is 0. The Morgan fingerprint density at radius 2 is 0.805 bits per heavy atom. The monoisotopic (exact) mass is 1380 g/mol. The van der Waals surface area contributed by atoms with Gasteiger partial charge in [0.05, 0.1) is 0 Å². The molecule has 2 aliphatic carbocycles. The first-order valence-electron chi connectivity index (χ1n) is 29.3. The van der Waals surface area contributed by atoms with Gasteiger partial charge in [0.15, 0.2) is 0 Å². The van der Waals surface area contributed by atoms with Crippen molar-refractivity contribution in [3.8, 4) is 0 Å². The van der Waals surface area contributed by atoms with Gasteiger partial charge in [-0.3, -0.25) is 37.4 Å². The molecule has 4 fully saturated rings. The third kappa shape index (κ3) is 31.3. The van der Waals surface area contributed by atoms with Gasteiger partial charge in [0, 0.05) is 50.1 Å². The number of hydrogen-bond donors (Lipinski definition) is 2. The molecule has 8 atom stereocenters.